The Labute approximate surface area is 157 Å². The molecule has 0 spiro atoms. The number of amides is 1. The lowest BCUT2D eigenvalue weighted by Gasteiger charge is -2.14. The molecule has 0 aliphatic heterocycles. The predicted octanol–water partition coefficient (Wildman–Crippen LogP) is 4.81. The van der Waals surface area contributed by atoms with Crippen molar-refractivity contribution in [3.8, 4) is 11.5 Å². The van der Waals surface area contributed by atoms with E-state index in [4.69, 9.17) is 16.0 Å². The first-order valence-corrected chi connectivity index (χ1v) is 9.97. The number of hydrogen-bond donors (Lipinski definition) is 1. The molecule has 1 atom stereocenters. The minimum atomic E-state index is -0.00816. The summed E-state index contributed by atoms with van der Waals surface area (Å²) in [5.74, 6) is 1.23. The minimum Gasteiger partial charge on any atom is -0.411 e. The molecule has 1 aromatic heterocycles. The second-order valence-corrected chi connectivity index (χ2v) is 7.25. The Morgan fingerprint density at radius 1 is 1.28 bits per heavy atom. The molecule has 0 radical (unpaired) electrons. The van der Waals surface area contributed by atoms with Crippen LogP contribution in [0.2, 0.25) is 5.02 Å². The summed E-state index contributed by atoms with van der Waals surface area (Å²) in [6, 6.07) is 7.17. The Kier molecular flexibility index (Phi) is 8.28. The number of carbonyl (C=O) groups excluding carboxylic acids is 1. The molecular weight excluding hydrogens is 358 g/mol. The van der Waals surface area contributed by atoms with Crippen molar-refractivity contribution < 1.29 is 9.21 Å². The number of benzene rings is 1. The Morgan fingerprint density at radius 2 is 2.04 bits per heavy atom. The molecule has 136 valence electrons. The van der Waals surface area contributed by atoms with Gasteiger partial charge in [0.05, 0.1) is 5.75 Å². The highest BCUT2D eigenvalue weighted by atomic mass is 35.5. The molecular formula is C18H24ClN3O2S. The molecule has 0 fully saturated rings. The Morgan fingerprint density at radius 3 is 2.72 bits per heavy atom. The van der Waals surface area contributed by atoms with Gasteiger partial charge >= 0.3 is 0 Å². The van der Waals surface area contributed by atoms with Crippen molar-refractivity contribution in [2.75, 3.05) is 12.3 Å². The van der Waals surface area contributed by atoms with E-state index in [0.29, 0.717) is 22.1 Å². The van der Waals surface area contributed by atoms with Crippen LogP contribution in [0.3, 0.4) is 0 Å². The third-order valence-corrected chi connectivity index (χ3v) is 5.03. The lowest BCUT2D eigenvalue weighted by Crippen LogP contribution is -2.30. The number of aromatic nitrogens is 2. The summed E-state index contributed by atoms with van der Waals surface area (Å²) in [7, 11) is 0. The number of nitrogens with one attached hydrogen (secondary N) is 1. The maximum Gasteiger partial charge on any atom is 0.277 e. The highest BCUT2D eigenvalue weighted by Crippen LogP contribution is 2.24. The number of unbranched alkanes of at least 4 members (excludes halogenated alkanes) is 1. The lowest BCUT2D eigenvalue weighted by atomic mass is 9.99. The first-order chi connectivity index (χ1) is 12.1. The van der Waals surface area contributed by atoms with Crippen LogP contribution in [0.15, 0.2) is 33.9 Å². The van der Waals surface area contributed by atoms with Gasteiger partial charge in [-0.15, -0.1) is 10.2 Å². The summed E-state index contributed by atoms with van der Waals surface area (Å²) < 4.78 is 5.58. The third kappa shape index (κ3) is 6.71. The monoisotopic (exact) mass is 381 g/mol. The van der Waals surface area contributed by atoms with Crippen molar-refractivity contribution in [2.24, 2.45) is 5.92 Å². The van der Waals surface area contributed by atoms with Gasteiger partial charge in [-0.3, -0.25) is 4.79 Å². The fraction of sp³-hybridized carbons (Fsp3) is 0.500. The number of hydrogen-bond acceptors (Lipinski definition) is 5. The van der Waals surface area contributed by atoms with Crippen LogP contribution in [0.25, 0.3) is 11.5 Å². The Balaban J connectivity index is 1.77. The summed E-state index contributed by atoms with van der Waals surface area (Å²) in [5, 5.41) is 12.0. The van der Waals surface area contributed by atoms with Gasteiger partial charge in [-0.2, -0.15) is 0 Å². The van der Waals surface area contributed by atoms with Gasteiger partial charge in [0.1, 0.15) is 0 Å². The van der Waals surface area contributed by atoms with Crippen LogP contribution >= 0.6 is 23.4 Å². The molecule has 1 N–H and O–H groups in total. The van der Waals surface area contributed by atoms with Crippen molar-refractivity contribution in [3.05, 3.63) is 29.3 Å². The Bertz CT molecular complexity index is 661. The van der Waals surface area contributed by atoms with E-state index in [1.165, 1.54) is 24.6 Å². The minimum absolute atomic E-state index is 0.00816. The highest BCUT2D eigenvalue weighted by molar-refractivity contribution is 7.99. The first-order valence-electron chi connectivity index (χ1n) is 8.61. The van der Waals surface area contributed by atoms with Crippen LogP contribution in [0.4, 0.5) is 0 Å². The quantitative estimate of drug-likeness (QED) is 0.598. The van der Waals surface area contributed by atoms with Crippen LogP contribution in [-0.2, 0) is 4.79 Å². The van der Waals surface area contributed by atoms with E-state index >= 15 is 0 Å². The van der Waals surface area contributed by atoms with Crippen molar-refractivity contribution >= 4 is 29.3 Å². The van der Waals surface area contributed by atoms with Crippen molar-refractivity contribution in [3.63, 3.8) is 0 Å². The largest absolute Gasteiger partial charge is 0.411 e. The maximum absolute atomic E-state index is 12.0. The molecule has 0 saturated heterocycles. The van der Waals surface area contributed by atoms with Crippen LogP contribution in [0, 0.1) is 5.92 Å². The molecule has 1 heterocycles. The first kappa shape index (κ1) is 19.8. The van der Waals surface area contributed by atoms with E-state index in [1.807, 2.05) is 12.1 Å². The van der Waals surface area contributed by atoms with Gasteiger partial charge in [-0.25, -0.2) is 0 Å². The summed E-state index contributed by atoms with van der Waals surface area (Å²) in [5.41, 5.74) is 0.801. The highest BCUT2D eigenvalue weighted by Gasteiger charge is 2.12. The molecule has 5 nitrogen and oxygen atoms in total. The van der Waals surface area contributed by atoms with E-state index in [-0.39, 0.29) is 11.7 Å². The molecule has 0 bridgehead atoms. The molecule has 7 heteroatoms. The molecule has 0 saturated carbocycles. The SMILES string of the molecule is CCCC[C@H](CC)CNC(=O)CSc1nnc(-c2ccc(Cl)cc2)o1. The molecule has 2 aromatic rings. The fourth-order valence-electron chi connectivity index (χ4n) is 2.36. The number of carbonyl (C=O) groups is 1. The predicted molar refractivity (Wildman–Crippen MR) is 102 cm³/mol. The zero-order chi connectivity index (χ0) is 18.1. The summed E-state index contributed by atoms with van der Waals surface area (Å²) in [6.07, 6.45) is 4.64. The molecule has 1 amide bonds. The Hall–Kier alpha value is -1.53. The smallest absolute Gasteiger partial charge is 0.277 e. The van der Waals surface area contributed by atoms with E-state index in [9.17, 15) is 4.79 Å². The number of rotatable bonds is 10. The van der Waals surface area contributed by atoms with Crippen molar-refractivity contribution in [1.82, 2.24) is 15.5 Å². The van der Waals surface area contributed by atoms with E-state index in [2.05, 4.69) is 29.4 Å². The summed E-state index contributed by atoms with van der Waals surface area (Å²) in [4.78, 5) is 12.0. The molecule has 25 heavy (non-hydrogen) atoms. The van der Waals surface area contributed by atoms with Crippen molar-refractivity contribution in [2.45, 2.75) is 44.8 Å². The molecule has 1 aromatic carbocycles. The number of thioether (sulfide) groups is 1. The van der Waals surface area contributed by atoms with Gasteiger partial charge in [0, 0.05) is 17.1 Å². The second kappa shape index (κ2) is 10.5. The van der Waals surface area contributed by atoms with E-state index in [1.54, 1.807) is 12.1 Å². The molecule has 0 aliphatic carbocycles. The number of halogens is 1. The third-order valence-electron chi connectivity index (χ3n) is 3.96. The van der Waals surface area contributed by atoms with Gasteiger partial charge in [-0.05, 0) is 36.6 Å². The summed E-state index contributed by atoms with van der Waals surface area (Å²) >= 11 is 7.11. The molecule has 0 unspecified atom stereocenters. The van der Waals surface area contributed by atoms with E-state index < -0.39 is 0 Å². The van der Waals surface area contributed by atoms with Crippen LogP contribution in [-0.4, -0.2) is 28.4 Å². The van der Waals surface area contributed by atoms with Gasteiger partial charge in [0.15, 0.2) is 0 Å². The topological polar surface area (TPSA) is 68.0 Å². The van der Waals surface area contributed by atoms with Crippen LogP contribution < -0.4 is 5.32 Å². The average molecular weight is 382 g/mol. The van der Waals surface area contributed by atoms with Gasteiger partial charge in [0.2, 0.25) is 11.8 Å². The zero-order valence-electron chi connectivity index (χ0n) is 14.6. The van der Waals surface area contributed by atoms with Crippen LogP contribution in [0.1, 0.15) is 39.5 Å². The lowest BCUT2D eigenvalue weighted by molar-refractivity contribution is -0.118. The van der Waals surface area contributed by atoms with Crippen LogP contribution in [0.5, 0.6) is 0 Å². The normalized spacial score (nSPS) is 12.1. The summed E-state index contributed by atoms with van der Waals surface area (Å²) in [6.45, 7) is 5.08. The van der Waals surface area contributed by atoms with Crippen molar-refractivity contribution in [1.29, 1.82) is 0 Å². The van der Waals surface area contributed by atoms with E-state index in [0.717, 1.165) is 24.9 Å². The average Bonchev–Trinajstić information content (AvgIpc) is 3.10. The van der Waals surface area contributed by atoms with Gasteiger partial charge < -0.3 is 9.73 Å². The fourth-order valence-corrected chi connectivity index (χ4v) is 3.08. The molecule has 2 rings (SSSR count). The zero-order valence-corrected chi connectivity index (χ0v) is 16.2. The maximum atomic E-state index is 12.0. The standard InChI is InChI=1S/C18H24ClN3O2S/c1-3-5-6-13(4-2)11-20-16(23)12-25-18-22-21-17(24-18)14-7-9-15(19)10-8-14/h7-10,13H,3-6,11-12H2,1-2H3,(H,20,23)/t13-/m0/s1. The molecule has 0 aliphatic rings. The van der Waals surface area contributed by atoms with Gasteiger partial charge in [0.25, 0.3) is 5.22 Å². The number of nitrogens with zero attached hydrogens (tertiary/aromatic N) is 2. The van der Waals surface area contributed by atoms with Gasteiger partial charge in [-0.1, -0.05) is 56.5 Å². The second-order valence-electron chi connectivity index (χ2n) is 5.89.